The summed E-state index contributed by atoms with van der Waals surface area (Å²) in [4.78, 5) is 5.59. The molecule has 5 nitrogen and oxygen atoms in total. The van der Waals surface area contributed by atoms with E-state index in [0.717, 1.165) is 30.0 Å². The zero-order chi connectivity index (χ0) is 22.6. The van der Waals surface area contributed by atoms with Gasteiger partial charge in [0.25, 0.3) is 0 Å². The van der Waals surface area contributed by atoms with Crippen molar-refractivity contribution in [2.45, 2.75) is 50.9 Å². The molecule has 0 amide bonds. The SMILES string of the molecule is C[C@]12CC[C@@H]3c4ccc(O)cc4C(NOCc4cc(F)cc(F)c4)=C[C@H]3[C@@H]1C[C@@H](O)[C@@H]2O. The van der Waals surface area contributed by atoms with E-state index in [-0.39, 0.29) is 35.5 Å². The molecule has 0 unspecified atom stereocenters. The molecule has 4 N–H and O–H groups in total. The number of fused-ring (bicyclic) bond motifs is 5. The molecule has 2 aromatic rings. The van der Waals surface area contributed by atoms with Gasteiger partial charge in [0.1, 0.15) is 17.4 Å². The quantitative estimate of drug-likeness (QED) is 0.538. The Kier molecular flexibility index (Phi) is 5.23. The van der Waals surface area contributed by atoms with Crippen molar-refractivity contribution in [3.05, 3.63) is 70.8 Å². The van der Waals surface area contributed by atoms with Crippen LogP contribution in [0.1, 0.15) is 48.8 Å². The van der Waals surface area contributed by atoms with Crippen molar-refractivity contribution in [2.24, 2.45) is 17.3 Å². The first-order chi connectivity index (χ1) is 15.3. The van der Waals surface area contributed by atoms with Crippen molar-refractivity contribution in [1.29, 1.82) is 0 Å². The summed E-state index contributed by atoms with van der Waals surface area (Å²) in [5, 5.41) is 31.1. The second-order valence-corrected chi connectivity index (χ2v) is 9.60. The van der Waals surface area contributed by atoms with E-state index in [1.54, 1.807) is 12.1 Å². The number of hydroxylamine groups is 1. The molecule has 3 aliphatic carbocycles. The molecule has 0 aliphatic heterocycles. The van der Waals surface area contributed by atoms with Crippen molar-refractivity contribution in [1.82, 2.24) is 5.48 Å². The minimum absolute atomic E-state index is 0.0488. The average molecular weight is 443 g/mol. The standard InChI is InChI=1S/C25H27F2NO4/c1-25-5-4-18-17-3-2-16(29)9-20(17)22(10-19(18)21(25)11-23(30)24(25)31)28-32-12-13-6-14(26)8-15(27)7-13/h2-3,6-10,18-19,21,23-24,28-31H,4-5,11-12H2,1H3/t18-,19-,21+,23-,24+,25+/m1/s1. The highest BCUT2D eigenvalue weighted by Crippen LogP contribution is 2.60. The maximum atomic E-state index is 13.5. The third kappa shape index (κ3) is 3.49. The fourth-order valence-corrected chi connectivity index (χ4v) is 6.15. The fraction of sp³-hybridized carbons (Fsp3) is 0.440. The Hall–Kier alpha value is -2.48. The van der Waals surface area contributed by atoms with Gasteiger partial charge >= 0.3 is 0 Å². The van der Waals surface area contributed by atoms with Crippen LogP contribution >= 0.6 is 0 Å². The van der Waals surface area contributed by atoms with E-state index >= 15 is 0 Å². The molecule has 32 heavy (non-hydrogen) atoms. The first-order valence-corrected chi connectivity index (χ1v) is 11.0. The Morgan fingerprint density at radius 3 is 2.62 bits per heavy atom. The van der Waals surface area contributed by atoms with E-state index in [1.165, 1.54) is 12.1 Å². The van der Waals surface area contributed by atoms with Gasteiger partial charge in [-0.05, 0) is 77.8 Å². The van der Waals surface area contributed by atoms with Crippen molar-refractivity contribution in [3.63, 3.8) is 0 Å². The predicted molar refractivity (Wildman–Crippen MR) is 114 cm³/mol. The average Bonchev–Trinajstić information content (AvgIpc) is 2.97. The van der Waals surface area contributed by atoms with Crippen molar-refractivity contribution in [3.8, 4) is 5.75 Å². The molecule has 3 aliphatic rings. The van der Waals surface area contributed by atoms with Gasteiger partial charge in [-0.15, -0.1) is 0 Å². The summed E-state index contributed by atoms with van der Waals surface area (Å²) in [5.41, 5.74) is 5.47. The number of aliphatic hydroxyl groups excluding tert-OH is 2. The van der Waals surface area contributed by atoms with Crippen LogP contribution in [0, 0.1) is 28.9 Å². The van der Waals surface area contributed by atoms with E-state index in [2.05, 4.69) is 18.5 Å². The Bertz CT molecular complexity index is 1050. The van der Waals surface area contributed by atoms with Crippen molar-refractivity contribution >= 4 is 5.70 Å². The number of phenols is 1. The van der Waals surface area contributed by atoms with Crippen molar-refractivity contribution < 1.29 is 28.9 Å². The molecule has 2 fully saturated rings. The van der Waals surface area contributed by atoms with Crippen LogP contribution < -0.4 is 5.48 Å². The summed E-state index contributed by atoms with van der Waals surface area (Å²) in [7, 11) is 0. The number of allylic oxidation sites excluding steroid dienone is 1. The zero-order valence-electron chi connectivity index (χ0n) is 17.8. The minimum Gasteiger partial charge on any atom is -0.508 e. The molecule has 0 heterocycles. The Morgan fingerprint density at radius 2 is 1.88 bits per heavy atom. The number of hydrogen-bond acceptors (Lipinski definition) is 5. The zero-order valence-corrected chi connectivity index (χ0v) is 17.8. The van der Waals surface area contributed by atoms with Gasteiger partial charge in [-0.1, -0.05) is 19.1 Å². The minimum atomic E-state index is -0.751. The highest BCUT2D eigenvalue weighted by molar-refractivity contribution is 5.71. The third-order valence-electron chi connectivity index (χ3n) is 7.73. The van der Waals surface area contributed by atoms with E-state index < -0.39 is 23.8 Å². The molecule has 0 spiro atoms. The first-order valence-electron chi connectivity index (χ1n) is 11.0. The van der Waals surface area contributed by atoms with E-state index in [9.17, 15) is 24.1 Å². The summed E-state index contributed by atoms with van der Waals surface area (Å²) in [6.07, 6.45) is 2.78. The van der Waals surface area contributed by atoms with E-state index in [0.29, 0.717) is 17.7 Å². The molecule has 0 bridgehead atoms. The number of hydrogen-bond donors (Lipinski definition) is 4. The lowest BCUT2D eigenvalue weighted by molar-refractivity contribution is -0.0436. The molecule has 6 atom stereocenters. The second kappa shape index (κ2) is 7.83. The summed E-state index contributed by atoms with van der Waals surface area (Å²) >= 11 is 0. The smallest absolute Gasteiger partial charge is 0.126 e. The van der Waals surface area contributed by atoms with Gasteiger partial charge in [0.2, 0.25) is 0 Å². The van der Waals surface area contributed by atoms with Gasteiger partial charge in [-0.25, -0.2) is 8.78 Å². The molecule has 0 aromatic heterocycles. The lowest BCUT2D eigenvalue weighted by Crippen LogP contribution is -2.44. The van der Waals surface area contributed by atoms with E-state index in [4.69, 9.17) is 4.84 Å². The maximum absolute atomic E-state index is 13.5. The number of benzene rings is 2. The van der Waals surface area contributed by atoms with Gasteiger partial charge in [-0.2, -0.15) is 0 Å². The largest absolute Gasteiger partial charge is 0.508 e. The fourth-order valence-electron chi connectivity index (χ4n) is 6.15. The highest BCUT2D eigenvalue weighted by atomic mass is 19.1. The number of phenolic OH excluding ortho intramolecular Hbond substituents is 1. The van der Waals surface area contributed by atoms with Crippen LogP contribution in [0.5, 0.6) is 5.75 Å². The van der Waals surface area contributed by atoms with Gasteiger partial charge in [0.15, 0.2) is 0 Å². The summed E-state index contributed by atoms with van der Waals surface area (Å²) in [5.74, 6) is -0.812. The predicted octanol–water partition coefficient (Wildman–Crippen LogP) is 3.99. The highest BCUT2D eigenvalue weighted by Gasteiger charge is 2.57. The lowest BCUT2D eigenvalue weighted by Gasteiger charge is -2.48. The van der Waals surface area contributed by atoms with Gasteiger partial charge in [0.05, 0.1) is 24.5 Å². The molecule has 2 saturated carbocycles. The van der Waals surface area contributed by atoms with Crippen LogP contribution in [-0.2, 0) is 11.4 Å². The van der Waals surface area contributed by atoms with Crippen LogP contribution in [0.2, 0.25) is 0 Å². The summed E-state index contributed by atoms with van der Waals surface area (Å²) < 4.78 is 26.9. The molecule has 7 heteroatoms. The topological polar surface area (TPSA) is 82.0 Å². The number of aliphatic hydroxyl groups is 2. The molecule has 2 aromatic carbocycles. The molecule has 170 valence electrons. The number of nitrogens with one attached hydrogen (secondary N) is 1. The van der Waals surface area contributed by atoms with Crippen LogP contribution in [-0.4, -0.2) is 27.5 Å². The summed E-state index contributed by atoms with van der Waals surface area (Å²) in [6.45, 7) is 2.00. The molecule has 0 radical (unpaired) electrons. The second-order valence-electron chi connectivity index (χ2n) is 9.60. The Balaban J connectivity index is 1.44. The monoisotopic (exact) mass is 443 g/mol. The van der Waals surface area contributed by atoms with Gasteiger partial charge in [0, 0.05) is 11.6 Å². The molecular weight excluding hydrogens is 416 g/mol. The molecule has 0 saturated heterocycles. The van der Waals surface area contributed by atoms with Crippen LogP contribution in [0.4, 0.5) is 8.78 Å². The van der Waals surface area contributed by atoms with Crippen LogP contribution in [0.25, 0.3) is 5.70 Å². The van der Waals surface area contributed by atoms with Gasteiger partial charge < -0.3 is 15.3 Å². The van der Waals surface area contributed by atoms with E-state index in [1.807, 2.05) is 6.07 Å². The van der Waals surface area contributed by atoms with Crippen LogP contribution in [0.15, 0.2) is 42.5 Å². The van der Waals surface area contributed by atoms with Crippen LogP contribution in [0.3, 0.4) is 0 Å². The van der Waals surface area contributed by atoms with Gasteiger partial charge in [-0.3, -0.25) is 10.3 Å². The normalized spacial score (nSPS) is 33.2. The number of halogens is 2. The summed E-state index contributed by atoms with van der Waals surface area (Å²) in [6, 6.07) is 8.50. The lowest BCUT2D eigenvalue weighted by atomic mass is 9.56. The number of aromatic hydroxyl groups is 1. The first kappa shape index (κ1) is 21.4. The van der Waals surface area contributed by atoms with Crippen molar-refractivity contribution in [2.75, 3.05) is 0 Å². The molecule has 5 rings (SSSR count). The maximum Gasteiger partial charge on any atom is 0.126 e. The Morgan fingerprint density at radius 1 is 1.12 bits per heavy atom. The number of rotatable bonds is 4. The Labute approximate surface area is 185 Å². The molecular formula is C25H27F2NO4. The third-order valence-corrected chi connectivity index (χ3v) is 7.73.